The van der Waals surface area contributed by atoms with Gasteiger partial charge in [-0.15, -0.1) is 0 Å². The van der Waals surface area contributed by atoms with Gasteiger partial charge < -0.3 is 16.0 Å². The molecular formula is C14H21N3. The van der Waals surface area contributed by atoms with E-state index in [2.05, 4.69) is 34.5 Å². The first-order valence-corrected chi connectivity index (χ1v) is 6.69. The number of benzene rings is 1. The van der Waals surface area contributed by atoms with E-state index in [1.165, 1.54) is 37.3 Å². The smallest absolute Gasteiger partial charge is 0.0602 e. The van der Waals surface area contributed by atoms with Crippen molar-refractivity contribution in [3.05, 3.63) is 24.3 Å². The molecule has 0 aromatic heterocycles. The van der Waals surface area contributed by atoms with Gasteiger partial charge in [-0.05, 0) is 37.8 Å². The SMILES string of the molecule is NC1CC(Nc2ccccc2N2CCCC2)C1. The Morgan fingerprint density at radius 3 is 2.53 bits per heavy atom. The van der Waals surface area contributed by atoms with E-state index in [4.69, 9.17) is 5.73 Å². The average Bonchev–Trinajstić information content (AvgIpc) is 2.81. The second-order valence-corrected chi connectivity index (χ2v) is 5.28. The summed E-state index contributed by atoms with van der Waals surface area (Å²) in [5, 5.41) is 3.63. The Morgan fingerprint density at radius 1 is 1.12 bits per heavy atom. The van der Waals surface area contributed by atoms with Crippen molar-refractivity contribution >= 4 is 11.4 Å². The van der Waals surface area contributed by atoms with Crippen molar-refractivity contribution in [3.8, 4) is 0 Å². The van der Waals surface area contributed by atoms with Gasteiger partial charge in [-0.1, -0.05) is 12.1 Å². The molecule has 1 saturated heterocycles. The van der Waals surface area contributed by atoms with E-state index >= 15 is 0 Å². The van der Waals surface area contributed by atoms with Gasteiger partial charge in [0.1, 0.15) is 0 Å². The number of anilines is 2. The van der Waals surface area contributed by atoms with Crippen LogP contribution in [0.5, 0.6) is 0 Å². The van der Waals surface area contributed by atoms with Gasteiger partial charge >= 0.3 is 0 Å². The lowest BCUT2D eigenvalue weighted by molar-refractivity contribution is 0.374. The highest BCUT2D eigenvalue weighted by Crippen LogP contribution is 2.31. The van der Waals surface area contributed by atoms with Crippen molar-refractivity contribution in [1.29, 1.82) is 0 Å². The molecule has 2 fully saturated rings. The second kappa shape index (κ2) is 4.57. The lowest BCUT2D eigenvalue weighted by Gasteiger charge is -2.35. The van der Waals surface area contributed by atoms with Crippen molar-refractivity contribution in [2.75, 3.05) is 23.3 Å². The van der Waals surface area contributed by atoms with Crippen molar-refractivity contribution in [2.45, 2.75) is 37.8 Å². The Morgan fingerprint density at radius 2 is 1.82 bits per heavy atom. The summed E-state index contributed by atoms with van der Waals surface area (Å²) in [5.74, 6) is 0. The largest absolute Gasteiger partial charge is 0.381 e. The molecule has 0 unspecified atom stereocenters. The number of nitrogens with zero attached hydrogens (tertiary/aromatic N) is 1. The molecule has 1 aliphatic heterocycles. The summed E-state index contributed by atoms with van der Waals surface area (Å²) in [4.78, 5) is 2.49. The van der Waals surface area contributed by atoms with Gasteiger partial charge in [-0.2, -0.15) is 0 Å². The normalized spacial score (nSPS) is 27.9. The Balaban J connectivity index is 1.73. The van der Waals surface area contributed by atoms with Gasteiger partial charge in [0.25, 0.3) is 0 Å². The quantitative estimate of drug-likeness (QED) is 0.838. The zero-order valence-electron chi connectivity index (χ0n) is 10.2. The fraction of sp³-hybridized carbons (Fsp3) is 0.571. The zero-order chi connectivity index (χ0) is 11.7. The van der Waals surface area contributed by atoms with E-state index < -0.39 is 0 Å². The number of nitrogens with two attached hydrogens (primary N) is 1. The number of hydrogen-bond donors (Lipinski definition) is 2. The Hall–Kier alpha value is -1.22. The highest BCUT2D eigenvalue weighted by atomic mass is 15.2. The third-order valence-corrected chi connectivity index (χ3v) is 3.88. The standard InChI is InChI=1S/C14H21N3/c15-11-9-12(10-11)16-13-5-1-2-6-14(13)17-7-3-4-8-17/h1-2,5-6,11-12,16H,3-4,7-10,15H2. The van der Waals surface area contributed by atoms with Crippen LogP contribution < -0.4 is 16.0 Å². The fourth-order valence-electron chi connectivity index (χ4n) is 2.83. The Labute approximate surface area is 103 Å². The molecule has 3 nitrogen and oxygen atoms in total. The van der Waals surface area contributed by atoms with Gasteiger partial charge in [-0.25, -0.2) is 0 Å². The third-order valence-electron chi connectivity index (χ3n) is 3.88. The van der Waals surface area contributed by atoms with Gasteiger partial charge in [0.2, 0.25) is 0 Å². The van der Waals surface area contributed by atoms with Crippen LogP contribution in [0, 0.1) is 0 Å². The molecule has 1 aromatic carbocycles. The number of hydrogen-bond acceptors (Lipinski definition) is 3. The van der Waals surface area contributed by atoms with E-state index in [1.54, 1.807) is 0 Å². The van der Waals surface area contributed by atoms with E-state index in [0.717, 1.165) is 12.8 Å². The Kier molecular flexibility index (Phi) is 2.93. The molecule has 0 amide bonds. The van der Waals surface area contributed by atoms with Crippen LogP contribution in [0.15, 0.2) is 24.3 Å². The minimum atomic E-state index is 0.409. The molecule has 0 radical (unpaired) electrons. The first kappa shape index (κ1) is 10.9. The van der Waals surface area contributed by atoms with Gasteiger partial charge in [-0.3, -0.25) is 0 Å². The van der Waals surface area contributed by atoms with Crippen LogP contribution in [0.25, 0.3) is 0 Å². The van der Waals surface area contributed by atoms with Crippen LogP contribution >= 0.6 is 0 Å². The summed E-state index contributed by atoms with van der Waals surface area (Å²) < 4.78 is 0. The maximum Gasteiger partial charge on any atom is 0.0602 e. The molecule has 17 heavy (non-hydrogen) atoms. The molecule has 1 aromatic rings. The molecule has 0 spiro atoms. The summed E-state index contributed by atoms with van der Waals surface area (Å²) >= 11 is 0. The predicted molar refractivity (Wildman–Crippen MR) is 72.5 cm³/mol. The molecule has 1 aliphatic carbocycles. The maximum atomic E-state index is 5.83. The van der Waals surface area contributed by atoms with Crippen LogP contribution in [0.4, 0.5) is 11.4 Å². The van der Waals surface area contributed by atoms with Crippen LogP contribution in [-0.2, 0) is 0 Å². The van der Waals surface area contributed by atoms with E-state index in [-0.39, 0.29) is 0 Å². The molecule has 1 heterocycles. The highest BCUT2D eigenvalue weighted by Gasteiger charge is 2.26. The molecular weight excluding hydrogens is 210 g/mol. The molecule has 3 rings (SSSR count). The number of rotatable bonds is 3. The van der Waals surface area contributed by atoms with Crippen LogP contribution in [0.3, 0.4) is 0 Å². The average molecular weight is 231 g/mol. The molecule has 92 valence electrons. The number of para-hydroxylation sites is 2. The third kappa shape index (κ3) is 2.25. The fourth-order valence-corrected chi connectivity index (χ4v) is 2.83. The van der Waals surface area contributed by atoms with Gasteiger partial charge in [0, 0.05) is 25.2 Å². The topological polar surface area (TPSA) is 41.3 Å². The van der Waals surface area contributed by atoms with E-state index in [0.29, 0.717) is 12.1 Å². The van der Waals surface area contributed by atoms with Crippen molar-refractivity contribution < 1.29 is 0 Å². The van der Waals surface area contributed by atoms with E-state index in [9.17, 15) is 0 Å². The zero-order valence-corrected chi connectivity index (χ0v) is 10.2. The summed E-state index contributed by atoms with van der Waals surface area (Å²) in [6.07, 6.45) is 4.86. The lowest BCUT2D eigenvalue weighted by atomic mass is 9.87. The lowest BCUT2D eigenvalue weighted by Crippen LogP contribution is -2.44. The monoisotopic (exact) mass is 231 g/mol. The summed E-state index contributed by atoms with van der Waals surface area (Å²) in [6.45, 7) is 2.39. The van der Waals surface area contributed by atoms with Crippen molar-refractivity contribution in [2.24, 2.45) is 5.73 Å². The summed E-state index contributed by atoms with van der Waals surface area (Å²) in [5.41, 5.74) is 8.48. The number of nitrogens with one attached hydrogen (secondary N) is 1. The summed E-state index contributed by atoms with van der Waals surface area (Å²) in [6, 6.07) is 9.65. The molecule has 1 saturated carbocycles. The van der Waals surface area contributed by atoms with Crippen molar-refractivity contribution in [3.63, 3.8) is 0 Å². The Bertz CT molecular complexity index is 379. The molecule has 0 bridgehead atoms. The van der Waals surface area contributed by atoms with Crippen LogP contribution in [0.2, 0.25) is 0 Å². The van der Waals surface area contributed by atoms with E-state index in [1.807, 2.05) is 0 Å². The first-order valence-electron chi connectivity index (χ1n) is 6.69. The molecule has 2 aliphatic rings. The maximum absolute atomic E-state index is 5.83. The predicted octanol–water partition coefficient (Wildman–Crippen LogP) is 2.19. The van der Waals surface area contributed by atoms with Crippen LogP contribution in [-0.4, -0.2) is 25.2 Å². The van der Waals surface area contributed by atoms with Gasteiger partial charge in [0.05, 0.1) is 11.4 Å². The highest BCUT2D eigenvalue weighted by molar-refractivity contribution is 5.70. The summed E-state index contributed by atoms with van der Waals surface area (Å²) in [7, 11) is 0. The molecule has 3 heteroatoms. The van der Waals surface area contributed by atoms with Crippen LogP contribution in [0.1, 0.15) is 25.7 Å². The second-order valence-electron chi connectivity index (χ2n) is 5.28. The van der Waals surface area contributed by atoms with Gasteiger partial charge in [0.15, 0.2) is 0 Å². The minimum Gasteiger partial charge on any atom is -0.381 e. The molecule has 0 atom stereocenters. The molecule has 3 N–H and O–H groups in total. The van der Waals surface area contributed by atoms with Crippen molar-refractivity contribution in [1.82, 2.24) is 0 Å². The minimum absolute atomic E-state index is 0.409. The first-order chi connectivity index (χ1) is 8.33.